The lowest BCUT2D eigenvalue weighted by Crippen LogP contribution is -2.48. The highest BCUT2D eigenvalue weighted by Gasteiger charge is 2.46. The molecule has 84 valence electrons. The Bertz CT molecular complexity index is 478. The van der Waals surface area contributed by atoms with E-state index >= 15 is 0 Å². The van der Waals surface area contributed by atoms with Gasteiger partial charge in [-0.15, -0.1) is 0 Å². The summed E-state index contributed by atoms with van der Waals surface area (Å²) in [6.07, 6.45) is 2.78. The molecule has 0 saturated heterocycles. The molecule has 16 heavy (non-hydrogen) atoms. The maximum absolute atomic E-state index is 13.5. The zero-order chi connectivity index (χ0) is 11.3. The van der Waals surface area contributed by atoms with Gasteiger partial charge in [0.1, 0.15) is 11.4 Å². The molecule has 1 aliphatic heterocycles. The fourth-order valence-corrected chi connectivity index (χ4v) is 2.36. The third-order valence-corrected chi connectivity index (χ3v) is 3.37. The van der Waals surface area contributed by atoms with Crippen molar-refractivity contribution in [2.45, 2.75) is 31.3 Å². The monoisotopic (exact) mass is 224 g/mol. The second kappa shape index (κ2) is 3.03. The number of fused-ring (bicyclic) bond motifs is 1. The SMILES string of the molecule is O=C1CC2(CCC2)Oc2c(F)cc(F)cc21. The van der Waals surface area contributed by atoms with Crippen molar-refractivity contribution in [3.8, 4) is 5.75 Å². The van der Waals surface area contributed by atoms with Gasteiger partial charge in [-0.1, -0.05) is 0 Å². The molecule has 0 N–H and O–H groups in total. The highest BCUT2D eigenvalue weighted by atomic mass is 19.1. The van der Waals surface area contributed by atoms with Gasteiger partial charge in [-0.25, -0.2) is 8.78 Å². The van der Waals surface area contributed by atoms with Crippen LogP contribution in [0.25, 0.3) is 0 Å². The lowest BCUT2D eigenvalue weighted by molar-refractivity contribution is -0.0207. The Morgan fingerprint density at radius 3 is 2.62 bits per heavy atom. The average Bonchev–Trinajstić information content (AvgIpc) is 2.17. The van der Waals surface area contributed by atoms with Gasteiger partial charge >= 0.3 is 0 Å². The molecule has 2 nitrogen and oxygen atoms in total. The van der Waals surface area contributed by atoms with Crippen LogP contribution < -0.4 is 4.74 Å². The van der Waals surface area contributed by atoms with Gasteiger partial charge in [-0.2, -0.15) is 0 Å². The second-order valence-electron chi connectivity index (χ2n) is 4.50. The molecule has 0 amide bonds. The number of Topliss-reactive ketones (excluding diaryl/α,β-unsaturated/α-hetero) is 1. The van der Waals surface area contributed by atoms with E-state index in [0.29, 0.717) is 0 Å². The van der Waals surface area contributed by atoms with Crippen LogP contribution in [0.15, 0.2) is 12.1 Å². The van der Waals surface area contributed by atoms with Crippen LogP contribution in [-0.4, -0.2) is 11.4 Å². The highest BCUT2D eigenvalue weighted by molar-refractivity contribution is 6.00. The van der Waals surface area contributed by atoms with Gasteiger partial charge in [-0.3, -0.25) is 4.79 Å². The Labute approximate surface area is 91.2 Å². The first-order valence-electron chi connectivity index (χ1n) is 5.31. The zero-order valence-electron chi connectivity index (χ0n) is 8.56. The van der Waals surface area contributed by atoms with Gasteiger partial charge in [0.05, 0.1) is 12.0 Å². The number of ketones is 1. The van der Waals surface area contributed by atoms with Crippen molar-refractivity contribution in [2.75, 3.05) is 0 Å². The molecule has 0 radical (unpaired) electrons. The van der Waals surface area contributed by atoms with Gasteiger partial charge in [0.2, 0.25) is 0 Å². The van der Waals surface area contributed by atoms with Crippen molar-refractivity contribution in [2.24, 2.45) is 0 Å². The number of carbonyl (C=O) groups is 1. The van der Waals surface area contributed by atoms with Gasteiger partial charge in [-0.05, 0) is 25.3 Å². The summed E-state index contributed by atoms with van der Waals surface area (Å²) in [7, 11) is 0. The van der Waals surface area contributed by atoms with E-state index in [0.717, 1.165) is 31.4 Å². The Balaban J connectivity index is 2.11. The van der Waals surface area contributed by atoms with Crippen LogP contribution in [0.4, 0.5) is 8.78 Å². The van der Waals surface area contributed by atoms with Crippen molar-refractivity contribution >= 4 is 5.78 Å². The molecule has 1 aromatic carbocycles. The highest BCUT2D eigenvalue weighted by Crippen LogP contribution is 2.45. The Morgan fingerprint density at radius 2 is 2.00 bits per heavy atom. The smallest absolute Gasteiger partial charge is 0.170 e. The predicted octanol–water partition coefficient (Wildman–Crippen LogP) is 2.85. The van der Waals surface area contributed by atoms with E-state index in [9.17, 15) is 13.6 Å². The normalized spacial score (nSPS) is 21.2. The number of benzene rings is 1. The van der Waals surface area contributed by atoms with Crippen LogP contribution in [0, 0.1) is 11.6 Å². The molecule has 1 aliphatic carbocycles. The molecule has 3 rings (SSSR count). The molecule has 4 heteroatoms. The minimum atomic E-state index is -0.783. The largest absolute Gasteiger partial charge is 0.483 e. The van der Waals surface area contributed by atoms with Crippen LogP contribution in [0.5, 0.6) is 5.75 Å². The van der Waals surface area contributed by atoms with Crippen LogP contribution in [0.1, 0.15) is 36.0 Å². The summed E-state index contributed by atoms with van der Waals surface area (Å²) in [5.74, 6) is -1.82. The Morgan fingerprint density at radius 1 is 1.25 bits per heavy atom. The quantitative estimate of drug-likeness (QED) is 0.677. The van der Waals surface area contributed by atoms with Crippen LogP contribution in [0.2, 0.25) is 0 Å². The number of halogens is 2. The fraction of sp³-hybridized carbons (Fsp3) is 0.417. The molecule has 0 aromatic heterocycles. The van der Waals surface area contributed by atoms with Gasteiger partial charge < -0.3 is 4.74 Å². The molecule has 0 bridgehead atoms. The Kier molecular flexibility index (Phi) is 1.85. The summed E-state index contributed by atoms with van der Waals surface area (Å²) in [5, 5.41) is 0. The van der Waals surface area contributed by atoms with Gasteiger partial charge in [0, 0.05) is 6.07 Å². The molecule has 2 aliphatic rings. The summed E-state index contributed by atoms with van der Waals surface area (Å²) < 4.78 is 32.0. The molecule has 1 aromatic rings. The number of hydrogen-bond donors (Lipinski definition) is 0. The predicted molar refractivity (Wildman–Crippen MR) is 52.5 cm³/mol. The van der Waals surface area contributed by atoms with E-state index in [2.05, 4.69) is 0 Å². The van der Waals surface area contributed by atoms with Crippen molar-refractivity contribution in [1.82, 2.24) is 0 Å². The topological polar surface area (TPSA) is 26.3 Å². The zero-order valence-corrected chi connectivity index (χ0v) is 8.56. The number of carbonyl (C=O) groups excluding carboxylic acids is 1. The number of rotatable bonds is 0. The molecule has 1 fully saturated rings. The lowest BCUT2D eigenvalue weighted by Gasteiger charge is -2.44. The molecule has 1 heterocycles. The first-order chi connectivity index (χ1) is 7.60. The standard InChI is InChI=1S/C12H10F2O2/c13-7-4-8-10(15)6-12(2-1-3-12)16-11(8)9(14)5-7/h4-5H,1-3,6H2. The summed E-state index contributed by atoms with van der Waals surface area (Å²) >= 11 is 0. The number of hydrogen-bond acceptors (Lipinski definition) is 2. The molecular formula is C12H10F2O2. The minimum absolute atomic E-state index is 0.0371. The summed E-state index contributed by atoms with van der Waals surface area (Å²) in [6, 6.07) is 1.80. The molecule has 0 unspecified atom stereocenters. The molecule has 1 saturated carbocycles. The molecule has 0 atom stereocenters. The van der Waals surface area contributed by atoms with E-state index in [-0.39, 0.29) is 23.5 Å². The van der Waals surface area contributed by atoms with Crippen molar-refractivity contribution < 1.29 is 18.3 Å². The molecular weight excluding hydrogens is 214 g/mol. The third kappa shape index (κ3) is 1.25. The van der Waals surface area contributed by atoms with E-state index in [1.54, 1.807) is 0 Å². The van der Waals surface area contributed by atoms with E-state index in [1.165, 1.54) is 0 Å². The van der Waals surface area contributed by atoms with E-state index in [1.807, 2.05) is 0 Å². The van der Waals surface area contributed by atoms with Crippen LogP contribution in [0.3, 0.4) is 0 Å². The lowest BCUT2D eigenvalue weighted by atomic mass is 9.74. The third-order valence-electron chi connectivity index (χ3n) is 3.37. The van der Waals surface area contributed by atoms with Crippen molar-refractivity contribution in [3.05, 3.63) is 29.3 Å². The van der Waals surface area contributed by atoms with Gasteiger partial charge in [0.15, 0.2) is 17.3 Å². The second-order valence-corrected chi connectivity index (χ2v) is 4.50. The van der Waals surface area contributed by atoms with Crippen molar-refractivity contribution in [3.63, 3.8) is 0 Å². The van der Waals surface area contributed by atoms with Crippen molar-refractivity contribution in [1.29, 1.82) is 0 Å². The van der Waals surface area contributed by atoms with E-state index < -0.39 is 17.2 Å². The van der Waals surface area contributed by atoms with Crippen LogP contribution in [-0.2, 0) is 0 Å². The fourth-order valence-electron chi connectivity index (χ4n) is 2.36. The summed E-state index contributed by atoms with van der Waals surface area (Å²) in [4.78, 5) is 11.8. The maximum atomic E-state index is 13.5. The first kappa shape index (κ1) is 9.75. The van der Waals surface area contributed by atoms with Gasteiger partial charge in [0.25, 0.3) is 0 Å². The number of ether oxygens (including phenoxy) is 1. The molecule has 1 spiro atoms. The minimum Gasteiger partial charge on any atom is -0.483 e. The van der Waals surface area contributed by atoms with Crippen LogP contribution >= 0.6 is 0 Å². The Hall–Kier alpha value is -1.45. The summed E-state index contributed by atoms with van der Waals surface area (Å²) in [6.45, 7) is 0. The first-order valence-corrected chi connectivity index (χ1v) is 5.31. The maximum Gasteiger partial charge on any atom is 0.170 e. The average molecular weight is 224 g/mol. The van der Waals surface area contributed by atoms with E-state index in [4.69, 9.17) is 4.74 Å². The summed E-state index contributed by atoms with van der Waals surface area (Å²) in [5.41, 5.74) is -0.474.